The van der Waals surface area contributed by atoms with Crippen LogP contribution in [0.1, 0.15) is 22.3 Å². The Labute approximate surface area is 331 Å². The molecule has 0 unspecified atom stereocenters. The highest BCUT2D eigenvalue weighted by atomic mass is 14.9. The van der Waals surface area contributed by atoms with Crippen LogP contribution < -0.4 is 0 Å². The van der Waals surface area contributed by atoms with Crippen molar-refractivity contribution >= 4 is 21.5 Å². The maximum absolute atomic E-state index is 5.11. The van der Waals surface area contributed by atoms with Crippen LogP contribution in [0.4, 0.5) is 0 Å². The van der Waals surface area contributed by atoms with Crippen molar-refractivity contribution in [2.24, 2.45) is 0 Å². The smallest absolute Gasteiger partial charge is 0.160 e. The molecule has 0 aliphatic heterocycles. The van der Waals surface area contributed by atoms with E-state index in [1.165, 1.54) is 66.1 Å². The lowest BCUT2D eigenvalue weighted by molar-refractivity contribution is 0.797. The molecule has 0 amide bonds. The molecule has 12 rings (SSSR count). The topological polar surface area (TPSA) is 25.8 Å². The number of hydrogen-bond acceptors (Lipinski definition) is 2. The molecule has 2 nitrogen and oxygen atoms in total. The van der Waals surface area contributed by atoms with E-state index in [0.717, 1.165) is 39.2 Å². The number of fused-ring (bicyclic) bond motifs is 7. The Bertz CT molecular complexity index is 3110. The van der Waals surface area contributed by atoms with Gasteiger partial charge in [-0.05, 0) is 101 Å². The van der Waals surface area contributed by atoms with Crippen molar-refractivity contribution in [3.63, 3.8) is 0 Å². The van der Waals surface area contributed by atoms with E-state index in [4.69, 9.17) is 9.97 Å². The van der Waals surface area contributed by atoms with Crippen molar-refractivity contribution < 1.29 is 0 Å². The molecule has 9 aromatic carbocycles. The first-order valence-corrected chi connectivity index (χ1v) is 19.6. The highest BCUT2D eigenvalue weighted by molar-refractivity contribution is 6.17. The molecule has 2 aliphatic rings. The Hall–Kier alpha value is -7.42. The summed E-state index contributed by atoms with van der Waals surface area (Å²) >= 11 is 0. The average molecular weight is 723 g/mol. The zero-order chi connectivity index (χ0) is 37.5. The zero-order valence-corrected chi connectivity index (χ0v) is 31.0. The second-order valence-electron chi connectivity index (χ2n) is 15.3. The third kappa shape index (κ3) is 4.71. The summed E-state index contributed by atoms with van der Waals surface area (Å²) in [6.07, 6.45) is 0. The molecule has 0 fully saturated rings. The van der Waals surface area contributed by atoms with Gasteiger partial charge in [-0.2, -0.15) is 0 Å². The quantitative estimate of drug-likeness (QED) is 0.165. The van der Waals surface area contributed by atoms with Crippen LogP contribution in [-0.4, -0.2) is 9.97 Å². The first-order chi connectivity index (χ1) is 28.2. The lowest BCUT2D eigenvalue weighted by Gasteiger charge is -2.30. The molecule has 10 aromatic rings. The van der Waals surface area contributed by atoms with Crippen LogP contribution in [0.5, 0.6) is 0 Å². The van der Waals surface area contributed by atoms with Gasteiger partial charge >= 0.3 is 0 Å². The number of nitrogens with zero attached hydrogens (tertiary/aromatic N) is 2. The summed E-state index contributed by atoms with van der Waals surface area (Å²) in [5.74, 6) is 0.708. The molecule has 0 radical (unpaired) electrons. The first-order valence-electron chi connectivity index (χ1n) is 19.6. The molecule has 57 heavy (non-hydrogen) atoms. The van der Waals surface area contributed by atoms with Gasteiger partial charge in [0.1, 0.15) is 0 Å². The monoisotopic (exact) mass is 722 g/mol. The van der Waals surface area contributed by atoms with Crippen molar-refractivity contribution in [1.29, 1.82) is 0 Å². The van der Waals surface area contributed by atoms with Crippen molar-refractivity contribution in [1.82, 2.24) is 9.97 Å². The van der Waals surface area contributed by atoms with Crippen LogP contribution in [0.3, 0.4) is 0 Å². The summed E-state index contributed by atoms with van der Waals surface area (Å²) < 4.78 is 0. The van der Waals surface area contributed by atoms with E-state index in [2.05, 4.69) is 194 Å². The highest BCUT2D eigenvalue weighted by Gasteiger charge is 2.50. The van der Waals surface area contributed by atoms with Gasteiger partial charge < -0.3 is 0 Å². The lowest BCUT2D eigenvalue weighted by Crippen LogP contribution is -2.26. The number of aromatic nitrogens is 2. The van der Waals surface area contributed by atoms with E-state index in [1.54, 1.807) is 0 Å². The van der Waals surface area contributed by atoms with Crippen LogP contribution in [0.25, 0.3) is 88.8 Å². The summed E-state index contributed by atoms with van der Waals surface area (Å²) in [6.45, 7) is 0. The third-order valence-corrected chi connectivity index (χ3v) is 12.3. The molecular formula is C55H34N2. The second kappa shape index (κ2) is 12.3. The molecule has 0 atom stereocenters. The fourth-order valence-electron chi connectivity index (χ4n) is 9.78. The maximum atomic E-state index is 5.11. The fourth-order valence-corrected chi connectivity index (χ4v) is 9.78. The van der Waals surface area contributed by atoms with Gasteiger partial charge in [0, 0.05) is 16.7 Å². The predicted molar refractivity (Wildman–Crippen MR) is 235 cm³/mol. The van der Waals surface area contributed by atoms with Gasteiger partial charge in [-0.1, -0.05) is 182 Å². The molecule has 0 saturated heterocycles. The lowest BCUT2D eigenvalue weighted by atomic mass is 9.70. The minimum absolute atomic E-state index is 0.351. The predicted octanol–water partition coefficient (Wildman–Crippen LogP) is 13.8. The van der Waals surface area contributed by atoms with Gasteiger partial charge in [-0.15, -0.1) is 0 Å². The third-order valence-electron chi connectivity index (χ3n) is 12.3. The van der Waals surface area contributed by atoms with Crippen molar-refractivity contribution in [2.45, 2.75) is 5.41 Å². The summed E-state index contributed by atoms with van der Waals surface area (Å²) in [4.78, 5) is 10.2. The summed E-state index contributed by atoms with van der Waals surface area (Å²) in [7, 11) is 0. The SMILES string of the molecule is c1ccc(-c2cc(-c3ccccc3)nc(-c3cccc(-c4cccc(-c5ccc6c(c5)-c5ccccc5C65c6cccc7ccc8cccc5c8c67)c4)c3)n2)cc1. The van der Waals surface area contributed by atoms with Crippen molar-refractivity contribution in [2.75, 3.05) is 0 Å². The van der Waals surface area contributed by atoms with Crippen LogP contribution in [0, 0.1) is 0 Å². The van der Waals surface area contributed by atoms with Crippen LogP contribution in [0.15, 0.2) is 206 Å². The number of rotatable bonds is 5. The number of hydrogen-bond donors (Lipinski definition) is 0. The fraction of sp³-hybridized carbons (Fsp3) is 0.0182. The molecule has 2 heteroatoms. The van der Waals surface area contributed by atoms with Crippen molar-refractivity contribution in [3.8, 4) is 67.3 Å². The largest absolute Gasteiger partial charge is 0.228 e. The van der Waals surface area contributed by atoms with E-state index in [0.29, 0.717) is 5.82 Å². The van der Waals surface area contributed by atoms with E-state index < -0.39 is 0 Å². The minimum atomic E-state index is -0.351. The Kier molecular flexibility index (Phi) is 6.88. The van der Waals surface area contributed by atoms with Crippen LogP contribution in [-0.2, 0) is 5.41 Å². The molecule has 264 valence electrons. The minimum Gasteiger partial charge on any atom is -0.228 e. The molecule has 1 aromatic heterocycles. The van der Waals surface area contributed by atoms with Gasteiger partial charge in [-0.3, -0.25) is 0 Å². The van der Waals surface area contributed by atoms with Crippen molar-refractivity contribution in [3.05, 3.63) is 229 Å². The van der Waals surface area contributed by atoms with E-state index in [9.17, 15) is 0 Å². The van der Waals surface area contributed by atoms with Gasteiger partial charge in [-0.25, -0.2) is 9.97 Å². The molecule has 1 spiro atoms. The van der Waals surface area contributed by atoms with Gasteiger partial charge in [0.05, 0.1) is 16.8 Å². The number of benzene rings is 9. The summed E-state index contributed by atoms with van der Waals surface area (Å²) in [6, 6.07) is 74.9. The molecule has 1 heterocycles. The maximum Gasteiger partial charge on any atom is 0.160 e. The standard InChI is InChI=1S/C55H34N2/c1-3-13-35(14-4-1)50-34-51(36-15-5-2-6-16-36)57-54(56-50)43-22-10-21-41(32-43)39-19-9-20-40(31-39)42-29-30-47-45(33-42)44-23-7-8-24-46(44)55(47)48-25-11-17-37-27-28-38-18-12-26-49(55)53(38)52(37)48/h1-34H. The summed E-state index contributed by atoms with van der Waals surface area (Å²) in [5, 5.41) is 5.39. The Morgan fingerprint density at radius 3 is 1.35 bits per heavy atom. The van der Waals surface area contributed by atoms with Gasteiger partial charge in [0.15, 0.2) is 5.82 Å². The molecule has 0 saturated carbocycles. The molecule has 2 aliphatic carbocycles. The Morgan fingerprint density at radius 1 is 0.281 bits per heavy atom. The Balaban J connectivity index is 0.966. The van der Waals surface area contributed by atoms with Crippen LogP contribution >= 0.6 is 0 Å². The molecular weight excluding hydrogens is 689 g/mol. The van der Waals surface area contributed by atoms with Gasteiger partial charge in [0.25, 0.3) is 0 Å². The van der Waals surface area contributed by atoms with E-state index in [1.807, 2.05) is 12.1 Å². The van der Waals surface area contributed by atoms with E-state index >= 15 is 0 Å². The Morgan fingerprint density at radius 2 is 0.737 bits per heavy atom. The van der Waals surface area contributed by atoms with Gasteiger partial charge in [0.2, 0.25) is 0 Å². The average Bonchev–Trinajstić information content (AvgIpc) is 3.77. The summed E-state index contributed by atoms with van der Waals surface area (Å²) in [5.41, 5.74) is 17.4. The molecule has 0 N–H and O–H groups in total. The van der Waals surface area contributed by atoms with E-state index in [-0.39, 0.29) is 5.41 Å². The first kappa shape index (κ1) is 31.9. The highest BCUT2D eigenvalue weighted by Crippen LogP contribution is 2.62. The normalized spacial score (nSPS) is 13.1. The second-order valence-corrected chi connectivity index (χ2v) is 15.3. The zero-order valence-electron chi connectivity index (χ0n) is 31.0. The molecule has 0 bridgehead atoms. The van der Waals surface area contributed by atoms with Crippen LogP contribution in [0.2, 0.25) is 0 Å².